The molecule has 0 aliphatic heterocycles. The summed E-state index contributed by atoms with van der Waals surface area (Å²) in [6, 6.07) is 6.36. The fourth-order valence-electron chi connectivity index (χ4n) is 3.93. The lowest BCUT2D eigenvalue weighted by atomic mass is 9.93. The van der Waals surface area contributed by atoms with Gasteiger partial charge in [-0.05, 0) is 69.7 Å². The van der Waals surface area contributed by atoms with Crippen molar-refractivity contribution in [2.24, 2.45) is 0 Å². The van der Waals surface area contributed by atoms with Crippen LogP contribution in [0.1, 0.15) is 70.6 Å². The number of amides is 1. The van der Waals surface area contributed by atoms with Crippen LogP contribution in [0.5, 0.6) is 5.75 Å². The molecule has 0 radical (unpaired) electrons. The average molecular weight is 396 g/mol. The SMILES string of the molecule is CCOC(=O)c1ccc(NC(=O)c2c(O)c3c(n(C4CC4)c2=O)CCCC3)cc1. The molecule has 1 fully saturated rings. The first kappa shape index (κ1) is 19.2. The van der Waals surface area contributed by atoms with Gasteiger partial charge in [-0.25, -0.2) is 4.79 Å². The second-order valence-electron chi connectivity index (χ2n) is 7.51. The monoisotopic (exact) mass is 396 g/mol. The van der Waals surface area contributed by atoms with Gasteiger partial charge in [0.2, 0.25) is 0 Å². The summed E-state index contributed by atoms with van der Waals surface area (Å²) in [5.74, 6) is -1.27. The standard InChI is InChI=1S/C22H24N2O5/c1-2-29-22(28)13-7-9-14(10-8-13)23-20(26)18-19(25)16-5-3-4-6-17(16)24(21(18)27)15-11-12-15/h7-10,15,25H,2-6,11-12H2,1H3,(H,23,26). The van der Waals surface area contributed by atoms with Crippen molar-refractivity contribution in [3.63, 3.8) is 0 Å². The Morgan fingerprint density at radius 3 is 2.52 bits per heavy atom. The minimum atomic E-state index is -0.640. The molecule has 2 aromatic rings. The number of pyridine rings is 1. The zero-order valence-corrected chi connectivity index (χ0v) is 16.4. The van der Waals surface area contributed by atoms with Gasteiger partial charge in [-0.2, -0.15) is 0 Å². The zero-order chi connectivity index (χ0) is 20.5. The van der Waals surface area contributed by atoms with Crippen molar-refractivity contribution < 1.29 is 19.4 Å². The topological polar surface area (TPSA) is 97.6 Å². The molecule has 4 rings (SSSR count). The molecule has 29 heavy (non-hydrogen) atoms. The molecule has 0 saturated heterocycles. The summed E-state index contributed by atoms with van der Waals surface area (Å²) in [5.41, 5.74) is 1.79. The lowest BCUT2D eigenvalue weighted by Gasteiger charge is -2.23. The van der Waals surface area contributed by atoms with Crippen molar-refractivity contribution in [3.05, 3.63) is 57.0 Å². The Hall–Kier alpha value is -3.09. The van der Waals surface area contributed by atoms with Crippen molar-refractivity contribution >= 4 is 17.6 Å². The Bertz CT molecular complexity index is 1020. The molecular weight excluding hydrogens is 372 g/mol. The number of aromatic nitrogens is 1. The van der Waals surface area contributed by atoms with Crippen molar-refractivity contribution in [1.29, 1.82) is 0 Å². The lowest BCUT2D eigenvalue weighted by Crippen LogP contribution is -2.33. The quantitative estimate of drug-likeness (QED) is 0.757. The van der Waals surface area contributed by atoms with E-state index in [1.807, 2.05) is 0 Å². The molecule has 152 valence electrons. The fourth-order valence-corrected chi connectivity index (χ4v) is 3.93. The van der Waals surface area contributed by atoms with Crippen LogP contribution in [-0.2, 0) is 17.6 Å². The number of nitrogens with zero attached hydrogens (tertiary/aromatic N) is 1. The van der Waals surface area contributed by atoms with Gasteiger partial charge in [0, 0.05) is 23.0 Å². The van der Waals surface area contributed by atoms with Crippen molar-refractivity contribution in [2.75, 3.05) is 11.9 Å². The van der Waals surface area contributed by atoms with E-state index in [-0.39, 0.29) is 24.0 Å². The van der Waals surface area contributed by atoms with Gasteiger partial charge in [-0.3, -0.25) is 9.59 Å². The predicted molar refractivity (Wildman–Crippen MR) is 108 cm³/mol. The minimum absolute atomic E-state index is 0.130. The molecular formula is C22H24N2O5. The van der Waals surface area contributed by atoms with E-state index in [0.29, 0.717) is 17.7 Å². The van der Waals surface area contributed by atoms with Gasteiger partial charge >= 0.3 is 5.97 Å². The number of carbonyl (C=O) groups excluding carboxylic acids is 2. The number of nitrogens with one attached hydrogen (secondary N) is 1. The van der Waals surface area contributed by atoms with Crippen molar-refractivity contribution in [3.8, 4) is 5.75 Å². The van der Waals surface area contributed by atoms with Crippen LogP contribution >= 0.6 is 0 Å². The highest BCUT2D eigenvalue weighted by Gasteiger charge is 2.34. The third kappa shape index (κ3) is 3.64. The number of rotatable bonds is 5. The average Bonchev–Trinajstić information content (AvgIpc) is 3.54. The molecule has 0 spiro atoms. The van der Waals surface area contributed by atoms with Crippen LogP contribution < -0.4 is 10.9 Å². The summed E-state index contributed by atoms with van der Waals surface area (Å²) in [6.07, 6.45) is 5.19. The van der Waals surface area contributed by atoms with Crippen LogP contribution in [-0.4, -0.2) is 28.2 Å². The number of fused-ring (bicyclic) bond motifs is 1. The van der Waals surface area contributed by atoms with Crippen LogP contribution in [0.3, 0.4) is 0 Å². The number of esters is 1. The number of ether oxygens (including phenoxy) is 1. The van der Waals surface area contributed by atoms with E-state index < -0.39 is 17.4 Å². The first-order valence-electron chi connectivity index (χ1n) is 10.1. The van der Waals surface area contributed by atoms with Crippen LogP contribution in [0, 0.1) is 0 Å². The molecule has 7 heteroatoms. The smallest absolute Gasteiger partial charge is 0.338 e. The Labute approximate surface area is 168 Å². The van der Waals surface area contributed by atoms with Gasteiger partial charge in [0.15, 0.2) is 0 Å². The molecule has 0 bridgehead atoms. The summed E-state index contributed by atoms with van der Waals surface area (Å²) in [5, 5.41) is 13.4. The largest absolute Gasteiger partial charge is 0.507 e. The third-order valence-electron chi connectivity index (χ3n) is 5.48. The number of aromatic hydroxyl groups is 1. The fraction of sp³-hybridized carbons (Fsp3) is 0.409. The van der Waals surface area contributed by atoms with E-state index in [4.69, 9.17) is 4.74 Å². The van der Waals surface area contributed by atoms with Gasteiger partial charge in [-0.15, -0.1) is 0 Å². The van der Waals surface area contributed by atoms with Crippen LogP contribution in [0.25, 0.3) is 0 Å². The number of carbonyl (C=O) groups is 2. The number of hydrogen-bond acceptors (Lipinski definition) is 5. The van der Waals surface area contributed by atoms with Gasteiger partial charge in [0.05, 0.1) is 12.2 Å². The van der Waals surface area contributed by atoms with E-state index in [0.717, 1.165) is 43.4 Å². The maximum Gasteiger partial charge on any atom is 0.338 e. The van der Waals surface area contributed by atoms with E-state index in [2.05, 4.69) is 5.32 Å². The summed E-state index contributed by atoms with van der Waals surface area (Å²) in [7, 11) is 0. The van der Waals surface area contributed by atoms with E-state index >= 15 is 0 Å². The van der Waals surface area contributed by atoms with E-state index in [1.165, 1.54) is 0 Å². The second kappa shape index (κ2) is 7.73. The van der Waals surface area contributed by atoms with Crippen LogP contribution in [0.15, 0.2) is 29.1 Å². The first-order chi connectivity index (χ1) is 14.0. The highest BCUT2D eigenvalue weighted by atomic mass is 16.5. The van der Waals surface area contributed by atoms with Gasteiger partial charge < -0.3 is 19.7 Å². The maximum absolute atomic E-state index is 13.1. The summed E-state index contributed by atoms with van der Waals surface area (Å²) in [4.78, 5) is 37.7. The molecule has 1 aromatic carbocycles. The first-order valence-corrected chi connectivity index (χ1v) is 10.1. The Balaban J connectivity index is 1.65. The number of anilines is 1. The third-order valence-corrected chi connectivity index (χ3v) is 5.48. The minimum Gasteiger partial charge on any atom is -0.507 e. The molecule has 0 atom stereocenters. The highest BCUT2D eigenvalue weighted by molar-refractivity contribution is 6.06. The molecule has 7 nitrogen and oxygen atoms in total. The van der Waals surface area contributed by atoms with Gasteiger partial charge in [0.25, 0.3) is 11.5 Å². The van der Waals surface area contributed by atoms with Gasteiger partial charge in [-0.1, -0.05) is 0 Å². The van der Waals surface area contributed by atoms with E-state index in [1.54, 1.807) is 35.8 Å². The molecule has 2 N–H and O–H groups in total. The maximum atomic E-state index is 13.1. The molecule has 2 aliphatic carbocycles. The molecule has 1 amide bonds. The van der Waals surface area contributed by atoms with Crippen molar-refractivity contribution in [2.45, 2.75) is 51.5 Å². The molecule has 1 saturated carbocycles. The molecule has 2 aliphatic rings. The lowest BCUT2D eigenvalue weighted by molar-refractivity contribution is 0.0526. The Kier molecular flexibility index (Phi) is 5.13. The Morgan fingerprint density at radius 2 is 1.86 bits per heavy atom. The van der Waals surface area contributed by atoms with Gasteiger partial charge in [0.1, 0.15) is 11.3 Å². The number of benzene rings is 1. The Morgan fingerprint density at radius 1 is 1.17 bits per heavy atom. The van der Waals surface area contributed by atoms with Crippen LogP contribution in [0.4, 0.5) is 5.69 Å². The predicted octanol–water partition coefficient (Wildman–Crippen LogP) is 3.20. The van der Waals surface area contributed by atoms with Crippen LogP contribution in [0.2, 0.25) is 0 Å². The summed E-state index contributed by atoms with van der Waals surface area (Å²) < 4.78 is 6.67. The zero-order valence-electron chi connectivity index (χ0n) is 16.4. The molecule has 1 aromatic heterocycles. The van der Waals surface area contributed by atoms with Crippen molar-refractivity contribution in [1.82, 2.24) is 4.57 Å². The number of hydrogen-bond donors (Lipinski definition) is 2. The highest BCUT2D eigenvalue weighted by Crippen LogP contribution is 2.39. The van der Waals surface area contributed by atoms with E-state index in [9.17, 15) is 19.5 Å². The molecule has 1 heterocycles. The summed E-state index contributed by atoms with van der Waals surface area (Å²) >= 11 is 0. The second-order valence-corrected chi connectivity index (χ2v) is 7.51. The summed E-state index contributed by atoms with van der Waals surface area (Å²) in [6.45, 7) is 2.01. The molecule has 0 unspecified atom stereocenters. The normalized spacial score (nSPS) is 15.5.